The monoisotopic (exact) mass is 270 g/mol. The number of anilines is 1. The van der Waals surface area contributed by atoms with E-state index < -0.39 is 10.0 Å². The second-order valence-electron chi connectivity index (χ2n) is 3.83. The maximum Gasteiger partial charge on any atom is 0.251 e. The van der Waals surface area contributed by atoms with Crippen molar-refractivity contribution in [3.05, 3.63) is 29.8 Å². The molecule has 0 aromatic heterocycles. The summed E-state index contributed by atoms with van der Waals surface area (Å²) in [6, 6.07) is 6.51. The molecule has 0 unspecified atom stereocenters. The van der Waals surface area contributed by atoms with Crippen LogP contribution < -0.4 is 9.62 Å². The van der Waals surface area contributed by atoms with Gasteiger partial charge in [-0.25, -0.2) is 8.42 Å². The molecule has 1 amide bonds. The lowest BCUT2D eigenvalue weighted by Gasteiger charge is -2.20. The molecule has 0 spiro atoms. The fraction of sp³-hybridized carbons (Fsp3) is 0.417. The van der Waals surface area contributed by atoms with Gasteiger partial charge in [0.15, 0.2) is 0 Å². The van der Waals surface area contributed by atoms with E-state index in [9.17, 15) is 13.2 Å². The first-order valence-corrected chi connectivity index (χ1v) is 7.61. The number of hydrogen-bond donors (Lipinski definition) is 1. The highest BCUT2D eigenvalue weighted by Crippen LogP contribution is 2.17. The van der Waals surface area contributed by atoms with Crippen molar-refractivity contribution in [3.63, 3.8) is 0 Å². The summed E-state index contributed by atoms with van der Waals surface area (Å²) in [5.41, 5.74) is 1.08. The van der Waals surface area contributed by atoms with Crippen LogP contribution >= 0.6 is 0 Å². The molecule has 1 aromatic carbocycles. The van der Waals surface area contributed by atoms with E-state index >= 15 is 0 Å². The third kappa shape index (κ3) is 3.46. The van der Waals surface area contributed by atoms with E-state index in [1.54, 1.807) is 31.2 Å². The molecule has 0 radical (unpaired) electrons. The van der Waals surface area contributed by atoms with Crippen LogP contribution in [0.3, 0.4) is 0 Å². The van der Waals surface area contributed by atoms with E-state index in [1.165, 1.54) is 4.31 Å². The predicted molar refractivity (Wildman–Crippen MR) is 72.3 cm³/mol. The number of nitrogens with zero attached hydrogens (tertiary/aromatic N) is 1. The molecule has 1 rings (SSSR count). The van der Waals surface area contributed by atoms with E-state index in [1.807, 2.05) is 6.92 Å². The Morgan fingerprint density at radius 3 is 2.17 bits per heavy atom. The van der Waals surface area contributed by atoms with Gasteiger partial charge in [0.2, 0.25) is 10.0 Å². The Balaban J connectivity index is 2.98. The Morgan fingerprint density at radius 2 is 1.78 bits per heavy atom. The van der Waals surface area contributed by atoms with Gasteiger partial charge >= 0.3 is 0 Å². The van der Waals surface area contributed by atoms with Crippen molar-refractivity contribution in [2.24, 2.45) is 0 Å². The summed E-state index contributed by atoms with van der Waals surface area (Å²) in [5.74, 6) is -0.161. The SMILES string of the molecule is CCNC(=O)c1ccc(N(CC)S(C)(=O)=O)cc1. The number of hydrogen-bond acceptors (Lipinski definition) is 3. The first-order valence-electron chi connectivity index (χ1n) is 5.76. The van der Waals surface area contributed by atoms with Gasteiger partial charge in [0.25, 0.3) is 5.91 Å². The van der Waals surface area contributed by atoms with Crippen LogP contribution in [0, 0.1) is 0 Å². The molecule has 6 heteroatoms. The number of rotatable bonds is 5. The van der Waals surface area contributed by atoms with Crippen molar-refractivity contribution in [1.82, 2.24) is 5.32 Å². The summed E-state index contributed by atoms with van der Waals surface area (Å²) >= 11 is 0. The number of sulfonamides is 1. The van der Waals surface area contributed by atoms with Crippen molar-refractivity contribution >= 4 is 21.6 Å². The van der Waals surface area contributed by atoms with E-state index in [0.29, 0.717) is 24.3 Å². The van der Waals surface area contributed by atoms with E-state index in [0.717, 1.165) is 6.26 Å². The number of nitrogens with one attached hydrogen (secondary N) is 1. The van der Waals surface area contributed by atoms with Gasteiger partial charge < -0.3 is 5.32 Å². The Bertz CT molecular complexity index is 509. The first kappa shape index (κ1) is 14.5. The third-order valence-electron chi connectivity index (χ3n) is 2.44. The van der Waals surface area contributed by atoms with Crippen molar-refractivity contribution in [2.75, 3.05) is 23.7 Å². The Labute approximate surface area is 108 Å². The normalized spacial score (nSPS) is 11.1. The zero-order valence-electron chi connectivity index (χ0n) is 10.8. The van der Waals surface area contributed by atoms with Gasteiger partial charge in [0.05, 0.1) is 11.9 Å². The average molecular weight is 270 g/mol. The zero-order chi connectivity index (χ0) is 13.8. The highest BCUT2D eigenvalue weighted by molar-refractivity contribution is 7.92. The van der Waals surface area contributed by atoms with Gasteiger partial charge in [-0.2, -0.15) is 0 Å². The predicted octanol–water partition coefficient (Wildman–Crippen LogP) is 1.22. The molecule has 0 saturated heterocycles. The molecule has 0 fully saturated rings. The number of amides is 1. The molecule has 0 aliphatic carbocycles. The molecule has 0 bridgehead atoms. The first-order chi connectivity index (χ1) is 8.40. The van der Waals surface area contributed by atoms with Gasteiger partial charge in [0.1, 0.15) is 0 Å². The molecule has 1 N–H and O–H groups in total. The van der Waals surface area contributed by atoms with Crippen molar-refractivity contribution in [3.8, 4) is 0 Å². The maximum atomic E-state index is 11.5. The topological polar surface area (TPSA) is 66.5 Å². The fourth-order valence-corrected chi connectivity index (χ4v) is 2.62. The second-order valence-corrected chi connectivity index (χ2v) is 5.74. The van der Waals surface area contributed by atoms with Crippen LogP contribution in [-0.4, -0.2) is 33.7 Å². The average Bonchev–Trinajstić information content (AvgIpc) is 2.29. The smallest absolute Gasteiger partial charge is 0.251 e. The van der Waals surface area contributed by atoms with Crippen molar-refractivity contribution in [1.29, 1.82) is 0 Å². The van der Waals surface area contributed by atoms with Crippen LogP contribution in [0.2, 0.25) is 0 Å². The molecule has 0 aliphatic rings. The minimum Gasteiger partial charge on any atom is -0.352 e. The lowest BCUT2D eigenvalue weighted by atomic mass is 10.2. The van der Waals surface area contributed by atoms with Crippen LogP contribution in [0.1, 0.15) is 24.2 Å². The molecule has 0 saturated carbocycles. The van der Waals surface area contributed by atoms with Gasteiger partial charge in [-0.1, -0.05) is 0 Å². The van der Waals surface area contributed by atoms with Gasteiger partial charge in [-0.05, 0) is 38.1 Å². The maximum absolute atomic E-state index is 11.5. The van der Waals surface area contributed by atoms with E-state index in [4.69, 9.17) is 0 Å². The minimum absolute atomic E-state index is 0.161. The highest BCUT2D eigenvalue weighted by Gasteiger charge is 2.15. The molecule has 0 heterocycles. The Hall–Kier alpha value is -1.56. The molecule has 0 aliphatic heterocycles. The molecule has 0 atom stereocenters. The second kappa shape index (κ2) is 5.86. The summed E-state index contributed by atoms with van der Waals surface area (Å²) in [4.78, 5) is 11.5. The Morgan fingerprint density at radius 1 is 1.22 bits per heavy atom. The minimum atomic E-state index is -3.28. The number of carbonyl (C=O) groups is 1. The molecule has 5 nitrogen and oxygen atoms in total. The molecule has 100 valence electrons. The lowest BCUT2D eigenvalue weighted by Crippen LogP contribution is -2.29. The number of benzene rings is 1. The summed E-state index contributed by atoms with van der Waals surface area (Å²) in [5, 5.41) is 2.68. The fourth-order valence-electron chi connectivity index (χ4n) is 1.65. The van der Waals surface area contributed by atoms with Gasteiger partial charge in [-0.15, -0.1) is 0 Å². The van der Waals surface area contributed by atoms with Crippen LogP contribution in [0.15, 0.2) is 24.3 Å². The summed E-state index contributed by atoms with van der Waals surface area (Å²) in [6.07, 6.45) is 1.16. The summed E-state index contributed by atoms with van der Waals surface area (Å²) in [6.45, 7) is 4.53. The third-order valence-corrected chi connectivity index (χ3v) is 3.71. The molecule has 1 aromatic rings. The molecular weight excluding hydrogens is 252 g/mol. The molecule has 18 heavy (non-hydrogen) atoms. The standard InChI is InChI=1S/C12H18N2O3S/c1-4-13-12(15)10-6-8-11(9-7-10)14(5-2)18(3,16)17/h6-9H,4-5H2,1-3H3,(H,13,15). The quantitative estimate of drug-likeness (QED) is 0.875. The van der Waals surface area contributed by atoms with Crippen molar-refractivity contribution in [2.45, 2.75) is 13.8 Å². The number of carbonyl (C=O) groups excluding carboxylic acids is 1. The molecular formula is C12H18N2O3S. The van der Waals surface area contributed by atoms with Crippen LogP contribution in [0.4, 0.5) is 5.69 Å². The van der Waals surface area contributed by atoms with E-state index in [-0.39, 0.29) is 5.91 Å². The Kier molecular flexibility index (Phi) is 4.72. The van der Waals surface area contributed by atoms with Crippen LogP contribution in [0.25, 0.3) is 0 Å². The van der Waals surface area contributed by atoms with E-state index in [2.05, 4.69) is 5.32 Å². The van der Waals surface area contributed by atoms with Gasteiger partial charge in [0, 0.05) is 18.7 Å². The van der Waals surface area contributed by atoms with Crippen LogP contribution in [-0.2, 0) is 10.0 Å². The zero-order valence-corrected chi connectivity index (χ0v) is 11.6. The van der Waals surface area contributed by atoms with Gasteiger partial charge in [-0.3, -0.25) is 9.10 Å². The lowest BCUT2D eigenvalue weighted by molar-refractivity contribution is 0.0956. The van der Waals surface area contributed by atoms with Crippen LogP contribution in [0.5, 0.6) is 0 Å². The highest BCUT2D eigenvalue weighted by atomic mass is 32.2. The summed E-state index contributed by atoms with van der Waals surface area (Å²) < 4.78 is 24.3. The largest absolute Gasteiger partial charge is 0.352 e. The van der Waals surface area contributed by atoms with Crippen molar-refractivity contribution < 1.29 is 13.2 Å². The summed E-state index contributed by atoms with van der Waals surface area (Å²) in [7, 11) is -3.28.